The minimum atomic E-state index is -3.29. The molecule has 1 aromatic rings. The molecule has 0 bridgehead atoms. The predicted octanol–water partition coefficient (Wildman–Crippen LogP) is 3.18. The summed E-state index contributed by atoms with van der Waals surface area (Å²) in [5.41, 5.74) is -0.302. The van der Waals surface area contributed by atoms with Crippen LogP contribution in [0.5, 0.6) is 5.75 Å². The van der Waals surface area contributed by atoms with Crippen LogP contribution in [0.4, 0.5) is 10.5 Å². The van der Waals surface area contributed by atoms with Gasteiger partial charge < -0.3 is 9.47 Å². The molecule has 0 aliphatic heterocycles. The maximum Gasteiger partial charge on any atom is 0.412 e. The number of rotatable bonds is 4. The Labute approximate surface area is 132 Å². The molecule has 0 atom stereocenters. The van der Waals surface area contributed by atoms with E-state index in [1.165, 1.54) is 0 Å². The zero-order chi connectivity index (χ0) is 16.3. The van der Waals surface area contributed by atoms with E-state index in [-0.39, 0.29) is 5.75 Å². The molecule has 0 fully saturated rings. The highest BCUT2D eigenvalue weighted by molar-refractivity contribution is 9.10. The van der Waals surface area contributed by atoms with Crippen LogP contribution in [0, 0.1) is 0 Å². The van der Waals surface area contributed by atoms with Gasteiger partial charge in [-0.15, -0.1) is 0 Å². The molecule has 0 aliphatic carbocycles. The summed E-state index contributed by atoms with van der Waals surface area (Å²) in [4.78, 5) is 11.7. The van der Waals surface area contributed by atoms with Crippen LogP contribution in [0.1, 0.15) is 20.8 Å². The summed E-state index contributed by atoms with van der Waals surface area (Å²) in [6.07, 6.45) is 0.417. The van der Waals surface area contributed by atoms with Crippen molar-refractivity contribution in [1.82, 2.24) is 0 Å². The SMILES string of the molecule is CC(C)(C)OC(=O)Nc1ccc(Br)cc1OCS(C)(=O)=O. The maximum atomic E-state index is 11.7. The Bertz CT molecular complexity index is 622. The van der Waals surface area contributed by atoms with Crippen molar-refractivity contribution in [3.8, 4) is 5.75 Å². The van der Waals surface area contributed by atoms with Crippen molar-refractivity contribution >= 4 is 37.5 Å². The summed E-state index contributed by atoms with van der Waals surface area (Å²) in [5.74, 6) is -0.243. The quantitative estimate of drug-likeness (QED) is 0.868. The lowest BCUT2D eigenvalue weighted by molar-refractivity contribution is 0.0635. The molecule has 21 heavy (non-hydrogen) atoms. The minimum Gasteiger partial charge on any atom is -0.476 e. The number of anilines is 1. The van der Waals surface area contributed by atoms with E-state index >= 15 is 0 Å². The van der Waals surface area contributed by atoms with Crippen LogP contribution >= 0.6 is 15.9 Å². The zero-order valence-electron chi connectivity index (χ0n) is 12.3. The van der Waals surface area contributed by atoms with E-state index in [1.807, 2.05) is 0 Å². The van der Waals surface area contributed by atoms with E-state index in [0.717, 1.165) is 6.26 Å². The van der Waals surface area contributed by atoms with Gasteiger partial charge in [-0.3, -0.25) is 5.32 Å². The number of hydrogen-bond donors (Lipinski definition) is 1. The highest BCUT2D eigenvalue weighted by Crippen LogP contribution is 2.29. The molecule has 0 saturated heterocycles. The second-order valence-electron chi connectivity index (χ2n) is 5.46. The van der Waals surface area contributed by atoms with E-state index in [2.05, 4.69) is 21.2 Å². The van der Waals surface area contributed by atoms with Gasteiger partial charge in [0.15, 0.2) is 15.8 Å². The van der Waals surface area contributed by atoms with Crippen molar-refractivity contribution in [3.05, 3.63) is 22.7 Å². The zero-order valence-corrected chi connectivity index (χ0v) is 14.7. The van der Waals surface area contributed by atoms with Crippen molar-refractivity contribution < 1.29 is 22.7 Å². The molecule has 1 amide bonds. The van der Waals surface area contributed by atoms with Gasteiger partial charge in [0, 0.05) is 10.7 Å². The van der Waals surface area contributed by atoms with Gasteiger partial charge in [0.25, 0.3) is 0 Å². The fraction of sp³-hybridized carbons (Fsp3) is 0.462. The van der Waals surface area contributed by atoms with Crippen molar-refractivity contribution in [3.63, 3.8) is 0 Å². The first-order valence-electron chi connectivity index (χ1n) is 6.06. The molecule has 1 aromatic carbocycles. The van der Waals surface area contributed by atoms with Crippen LogP contribution in [0.25, 0.3) is 0 Å². The fourth-order valence-electron chi connectivity index (χ4n) is 1.30. The van der Waals surface area contributed by atoms with Gasteiger partial charge in [0.2, 0.25) is 0 Å². The van der Waals surface area contributed by atoms with Crippen molar-refractivity contribution in [2.75, 3.05) is 17.5 Å². The number of carbonyl (C=O) groups is 1. The predicted molar refractivity (Wildman–Crippen MR) is 84.3 cm³/mol. The minimum absolute atomic E-state index is 0.237. The number of halogens is 1. The summed E-state index contributed by atoms with van der Waals surface area (Å²) >= 11 is 3.26. The maximum absolute atomic E-state index is 11.7. The summed E-state index contributed by atoms with van der Waals surface area (Å²) < 4.78 is 33.4. The van der Waals surface area contributed by atoms with Gasteiger partial charge in [0.1, 0.15) is 11.4 Å². The normalized spacial score (nSPS) is 11.9. The second kappa shape index (κ2) is 6.65. The first kappa shape index (κ1) is 17.8. The van der Waals surface area contributed by atoms with Crippen LogP contribution in [-0.2, 0) is 14.6 Å². The Morgan fingerprint density at radius 2 is 1.95 bits per heavy atom. The van der Waals surface area contributed by atoms with Gasteiger partial charge >= 0.3 is 6.09 Å². The molecular formula is C13H18BrNO5S. The molecule has 0 radical (unpaired) electrons. The highest BCUT2D eigenvalue weighted by atomic mass is 79.9. The van der Waals surface area contributed by atoms with E-state index < -0.39 is 27.5 Å². The topological polar surface area (TPSA) is 81.7 Å². The molecule has 118 valence electrons. The Kier molecular flexibility index (Phi) is 5.63. The van der Waals surface area contributed by atoms with Crippen molar-refractivity contribution in [1.29, 1.82) is 0 Å². The first-order chi connectivity index (χ1) is 9.46. The molecule has 0 saturated carbocycles. The van der Waals surface area contributed by atoms with E-state index in [0.29, 0.717) is 10.2 Å². The Hall–Kier alpha value is -1.28. The smallest absolute Gasteiger partial charge is 0.412 e. The number of nitrogens with one attached hydrogen (secondary N) is 1. The Balaban J connectivity index is 2.89. The molecule has 0 spiro atoms. The third-order valence-corrected chi connectivity index (χ3v) is 3.05. The largest absolute Gasteiger partial charge is 0.476 e. The lowest BCUT2D eigenvalue weighted by Gasteiger charge is -2.20. The van der Waals surface area contributed by atoms with Crippen molar-refractivity contribution in [2.45, 2.75) is 26.4 Å². The monoisotopic (exact) mass is 379 g/mol. The number of benzene rings is 1. The van der Waals surface area contributed by atoms with Gasteiger partial charge in [-0.25, -0.2) is 13.2 Å². The van der Waals surface area contributed by atoms with Gasteiger partial charge in [0.05, 0.1) is 5.69 Å². The molecule has 8 heteroatoms. The van der Waals surface area contributed by atoms with Crippen LogP contribution in [0.3, 0.4) is 0 Å². The first-order valence-corrected chi connectivity index (χ1v) is 8.92. The summed E-state index contributed by atoms with van der Waals surface area (Å²) in [6.45, 7) is 5.24. The van der Waals surface area contributed by atoms with Crippen LogP contribution in [-0.4, -0.2) is 32.3 Å². The number of amides is 1. The Morgan fingerprint density at radius 1 is 1.33 bits per heavy atom. The van der Waals surface area contributed by atoms with Crippen LogP contribution in [0.15, 0.2) is 22.7 Å². The van der Waals surface area contributed by atoms with Gasteiger partial charge in [-0.2, -0.15) is 0 Å². The van der Waals surface area contributed by atoms with Crippen LogP contribution in [0.2, 0.25) is 0 Å². The molecule has 0 unspecified atom stereocenters. The average molecular weight is 380 g/mol. The number of hydrogen-bond acceptors (Lipinski definition) is 5. The summed E-state index contributed by atoms with van der Waals surface area (Å²) in [5, 5.41) is 2.53. The highest BCUT2D eigenvalue weighted by Gasteiger charge is 2.18. The third-order valence-electron chi connectivity index (χ3n) is 2.01. The molecule has 6 nitrogen and oxygen atoms in total. The molecule has 0 heterocycles. The van der Waals surface area contributed by atoms with Crippen LogP contribution < -0.4 is 10.1 Å². The average Bonchev–Trinajstić information content (AvgIpc) is 2.26. The van der Waals surface area contributed by atoms with Gasteiger partial charge in [-0.1, -0.05) is 15.9 Å². The number of ether oxygens (including phenoxy) is 2. The van der Waals surface area contributed by atoms with E-state index in [1.54, 1.807) is 39.0 Å². The fourth-order valence-corrected chi connectivity index (χ4v) is 1.98. The number of sulfone groups is 1. The molecule has 1 rings (SSSR count). The molecule has 0 aromatic heterocycles. The van der Waals surface area contributed by atoms with Crippen molar-refractivity contribution in [2.24, 2.45) is 0 Å². The van der Waals surface area contributed by atoms with E-state index in [9.17, 15) is 13.2 Å². The standard InChI is InChI=1S/C13H18BrNO5S/c1-13(2,3)20-12(16)15-10-6-5-9(14)7-11(10)19-8-21(4,17)18/h5-7H,8H2,1-4H3,(H,15,16). The summed E-state index contributed by atoms with van der Waals surface area (Å²) in [7, 11) is -3.29. The van der Waals surface area contributed by atoms with E-state index in [4.69, 9.17) is 9.47 Å². The third kappa shape index (κ3) is 7.33. The Morgan fingerprint density at radius 3 is 2.48 bits per heavy atom. The summed E-state index contributed by atoms with van der Waals surface area (Å²) in [6, 6.07) is 4.85. The lowest BCUT2D eigenvalue weighted by Crippen LogP contribution is -2.27. The van der Waals surface area contributed by atoms with Gasteiger partial charge in [-0.05, 0) is 39.0 Å². The lowest BCUT2D eigenvalue weighted by atomic mass is 10.2. The molecule has 1 N–H and O–H groups in total. The molecular weight excluding hydrogens is 362 g/mol. The number of carbonyl (C=O) groups excluding carboxylic acids is 1. The second-order valence-corrected chi connectivity index (χ2v) is 8.46. The molecule has 0 aliphatic rings.